The monoisotopic (exact) mass is 357 g/mol. The van der Waals surface area contributed by atoms with Crippen LogP contribution in [0.4, 0.5) is 4.39 Å². The van der Waals surface area contributed by atoms with E-state index in [0.717, 1.165) is 10.0 Å². The summed E-state index contributed by atoms with van der Waals surface area (Å²) in [7, 11) is 3.29. The molecule has 2 aromatic carbocycles. The molecule has 106 valence electrons. The molecule has 0 radical (unpaired) electrons. The highest BCUT2D eigenvalue weighted by Crippen LogP contribution is 2.30. The molecule has 0 saturated carbocycles. The van der Waals surface area contributed by atoms with Crippen LogP contribution in [0.25, 0.3) is 0 Å². The second-order valence-electron chi connectivity index (χ2n) is 4.31. The van der Waals surface area contributed by atoms with Crippen LogP contribution in [0.2, 0.25) is 5.02 Å². The Balaban J connectivity index is 2.46. The number of rotatable bonds is 4. The molecule has 0 aliphatic heterocycles. The first kappa shape index (κ1) is 15.3. The molecule has 2 rings (SSSR count). The zero-order valence-corrected chi connectivity index (χ0v) is 13.4. The van der Waals surface area contributed by atoms with Gasteiger partial charge in [-0.05, 0) is 36.9 Å². The molecule has 0 bridgehead atoms. The van der Waals surface area contributed by atoms with Gasteiger partial charge in [0.05, 0.1) is 13.2 Å². The van der Waals surface area contributed by atoms with Gasteiger partial charge in [0.25, 0.3) is 0 Å². The minimum atomic E-state index is -0.320. The van der Waals surface area contributed by atoms with E-state index in [2.05, 4.69) is 21.2 Å². The third-order valence-corrected chi connectivity index (χ3v) is 3.70. The van der Waals surface area contributed by atoms with Crippen molar-refractivity contribution in [2.45, 2.75) is 6.04 Å². The van der Waals surface area contributed by atoms with Crippen LogP contribution in [-0.2, 0) is 0 Å². The summed E-state index contributed by atoms with van der Waals surface area (Å²) in [5.74, 6) is 0.174. The highest BCUT2D eigenvalue weighted by atomic mass is 79.9. The molecule has 0 aliphatic rings. The number of hydrogen-bond donors (Lipinski definition) is 1. The van der Waals surface area contributed by atoms with Crippen LogP contribution in [-0.4, -0.2) is 14.2 Å². The Bertz CT molecular complexity index is 601. The molecule has 1 N–H and O–H groups in total. The first-order valence-corrected chi connectivity index (χ1v) is 7.19. The average molecular weight is 359 g/mol. The smallest absolute Gasteiger partial charge is 0.132 e. The maximum Gasteiger partial charge on any atom is 0.132 e. The fraction of sp³-hybridized carbons (Fsp3) is 0.200. The van der Waals surface area contributed by atoms with Crippen LogP contribution in [0.5, 0.6) is 5.75 Å². The Labute approximate surface area is 131 Å². The van der Waals surface area contributed by atoms with Crippen molar-refractivity contribution in [2.24, 2.45) is 0 Å². The summed E-state index contributed by atoms with van der Waals surface area (Å²) in [6, 6.07) is 10.1. The fourth-order valence-corrected chi connectivity index (χ4v) is 3.00. The molecule has 2 aromatic rings. The average Bonchev–Trinajstić information content (AvgIpc) is 2.40. The summed E-state index contributed by atoms with van der Waals surface area (Å²) in [5, 5.41) is 3.71. The van der Waals surface area contributed by atoms with Crippen molar-refractivity contribution >= 4 is 27.5 Å². The van der Waals surface area contributed by atoms with Gasteiger partial charge in [-0.3, -0.25) is 0 Å². The van der Waals surface area contributed by atoms with Gasteiger partial charge >= 0.3 is 0 Å². The van der Waals surface area contributed by atoms with E-state index in [0.29, 0.717) is 16.3 Å². The van der Waals surface area contributed by atoms with E-state index < -0.39 is 0 Å². The lowest BCUT2D eigenvalue weighted by Gasteiger charge is -2.19. The molecular weight excluding hydrogens is 345 g/mol. The first-order valence-electron chi connectivity index (χ1n) is 6.02. The van der Waals surface area contributed by atoms with Crippen molar-refractivity contribution in [2.75, 3.05) is 14.2 Å². The van der Waals surface area contributed by atoms with Crippen molar-refractivity contribution in [1.29, 1.82) is 0 Å². The van der Waals surface area contributed by atoms with Crippen molar-refractivity contribution in [3.8, 4) is 5.75 Å². The van der Waals surface area contributed by atoms with Gasteiger partial charge in [0.2, 0.25) is 0 Å². The van der Waals surface area contributed by atoms with Gasteiger partial charge < -0.3 is 10.1 Å². The predicted molar refractivity (Wildman–Crippen MR) is 83.0 cm³/mol. The second-order valence-corrected chi connectivity index (χ2v) is 5.66. The molecule has 5 heteroatoms. The maximum atomic E-state index is 14.2. The summed E-state index contributed by atoms with van der Waals surface area (Å²) >= 11 is 9.45. The topological polar surface area (TPSA) is 21.3 Å². The Morgan fingerprint density at radius 1 is 1.25 bits per heavy atom. The second kappa shape index (κ2) is 6.57. The zero-order chi connectivity index (χ0) is 14.7. The number of halogens is 3. The molecule has 2 nitrogen and oxygen atoms in total. The minimum Gasteiger partial charge on any atom is -0.497 e. The summed E-state index contributed by atoms with van der Waals surface area (Å²) in [4.78, 5) is 0. The standard InChI is InChI=1S/C15H14BrClFNO/c1-19-15(9-5-10(16)7-11(17)6-9)13-4-3-12(20-2)8-14(13)18/h3-8,15,19H,1-2H3. The summed E-state index contributed by atoms with van der Waals surface area (Å²) in [6.45, 7) is 0. The van der Waals surface area contributed by atoms with E-state index in [4.69, 9.17) is 16.3 Å². The lowest BCUT2D eigenvalue weighted by Crippen LogP contribution is -2.19. The van der Waals surface area contributed by atoms with E-state index in [1.807, 2.05) is 12.1 Å². The molecule has 0 aliphatic carbocycles. The Morgan fingerprint density at radius 2 is 2.00 bits per heavy atom. The molecular formula is C15H14BrClFNO. The van der Waals surface area contributed by atoms with Crippen molar-refractivity contribution < 1.29 is 9.13 Å². The minimum absolute atomic E-state index is 0.282. The van der Waals surface area contributed by atoms with Crippen LogP contribution in [0.15, 0.2) is 40.9 Å². The first-order chi connectivity index (χ1) is 9.55. The Hall–Kier alpha value is -1.10. The summed E-state index contributed by atoms with van der Waals surface area (Å²) in [5.41, 5.74) is 1.43. The van der Waals surface area contributed by atoms with Crippen LogP contribution in [0.3, 0.4) is 0 Å². The number of methoxy groups -OCH3 is 1. The molecule has 0 heterocycles. The highest BCUT2D eigenvalue weighted by Gasteiger charge is 2.17. The summed E-state index contributed by atoms with van der Waals surface area (Å²) in [6.07, 6.45) is 0. The number of hydrogen-bond acceptors (Lipinski definition) is 2. The molecule has 0 fully saturated rings. The van der Waals surface area contributed by atoms with E-state index in [-0.39, 0.29) is 11.9 Å². The van der Waals surface area contributed by atoms with Gasteiger partial charge in [-0.2, -0.15) is 0 Å². The molecule has 0 saturated heterocycles. The highest BCUT2D eigenvalue weighted by molar-refractivity contribution is 9.10. The molecule has 20 heavy (non-hydrogen) atoms. The molecule has 0 aromatic heterocycles. The zero-order valence-electron chi connectivity index (χ0n) is 11.1. The lowest BCUT2D eigenvalue weighted by atomic mass is 9.98. The van der Waals surface area contributed by atoms with Gasteiger partial charge in [0, 0.05) is 21.1 Å². The molecule has 1 unspecified atom stereocenters. The van der Waals surface area contributed by atoms with E-state index in [9.17, 15) is 4.39 Å². The van der Waals surface area contributed by atoms with Crippen LogP contribution < -0.4 is 10.1 Å². The number of ether oxygens (including phenoxy) is 1. The third kappa shape index (κ3) is 3.32. The van der Waals surface area contributed by atoms with Gasteiger partial charge in [-0.1, -0.05) is 33.6 Å². The third-order valence-electron chi connectivity index (χ3n) is 3.03. The fourth-order valence-electron chi connectivity index (χ4n) is 2.11. The quantitative estimate of drug-likeness (QED) is 0.865. The van der Waals surface area contributed by atoms with E-state index in [1.165, 1.54) is 13.2 Å². The van der Waals surface area contributed by atoms with Crippen molar-refractivity contribution in [3.63, 3.8) is 0 Å². The SMILES string of the molecule is CNC(c1cc(Cl)cc(Br)c1)c1ccc(OC)cc1F. The van der Waals surface area contributed by atoms with E-state index in [1.54, 1.807) is 25.2 Å². The van der Waals surface area contributed by atoms with Crippen molar-refractivity contribution in [1.82, 2.24) is 5.32 Å². The van der Waals surface area contributed by atoms with Gasteiger partial charge in [0.15, 0.2) is 0 Å². The van der Waals surface area contributed by atoms with Crippen LogP contribution >= 0.6 is 27.5 Å². The Morgan fingerprint density at radius 3 is 2.55 bits per heavy atom. The summed E-state index contributed by atoms with van der Waals surface area (Å²) < 4.78 is 20.1. The van der Waals surface area contributed by atoms with Crippen LogP contribution in [0.1, 0.15) is 17.2 Å². The Kier molecular flexibility index (Phi) is 5.02. The molecule has 0 spiro atoms. The van der Waals surface area contributed by atoms with E-state index >= 15 is 0 Å². The largest absolute Gasteiger partial charge is 0.497 e. The van der Waals surface area contributed by atoms with Crippen molar-refractivity contribution in [3.05, 3.63) is 62.8 Å². The normalized spacial score (nSPS) is 12.2. The number of nitrogens with one attached hydrogen (secondary N) is 1. The van der Waals surface area contributed by atoms with Gasteiger partial charge in [-0.25, -0.2) is 4.39 Å². The van der Waals surface area contributed by atoms with Gasteiger partial charge in [0.1, 0.15) is 11.6 Å². The predicted octanol–water partition coefficient (Wildman–Crippen LogP) is 4.56. The molecule has 0 amide bonds. The van der Waals surface area contributed by atoms with Gasteiger partial charge in [-0.15, -0.1) is 0 Å². The molecule has 1 atom stereocenters. The number of benzene rings is 2. The van der Waals surface area contributed by atoms with Crippen LogP contribution in [0, 0.1) is 5.82 Å². The lowest BCUT2D eigenvalue weighted by molar-refractivity contribution is 0.410. The maximum absolute atomic E-state index is 14.2.